The maximum absolute atomic E-state index is 12.7. The van der Waals surface area contributed by atoms with E-state index in [1.807, 2.05) is 13.8 Å². The fraction of sp³-hybridized carbons (Fsp3) is 0.850. The van der Waals surface area contributed by atoms with E-state index in [0.717, 1.165) is 24.2 Å². The average Bonchev–Trinajstić information content (AvgIpc) is 3.14. The van der Waals surface area contributed by atoms with Crippen LogP contribution < -0.4 is 0 Å². The highest BCUT2D eigenvalue weighted by molar-refractivity contribution is 8.15. The smallest absolute Gasteiger partial charge is 0.418 e. The first-order valence-corrected chi connectivity index (χ1v) is 14.7. The second-order valence-corrected chi connectivity index (χ2v) is 16.6. The van der Waals surface area contributed by atoms with Crippen molar-refractivity contribution in [3.63, 3.8) is 0 Å². The zero-order valence-electron chi connectivity index (χ0n) is 19.4. The van der Waals surface area contributed by atoms with Gasteiger partial charge in [-0.3, -0.25) is 10.2 Å². The predicted molar refractivity (Wildman–Crippen MR) is 120 cm³/mol. The van der Waals surface area contributed by atoms with Crippen LogP contribution in [0.25, 0.3) is 0 Å². The summed E-state index contributed by atoms with van der Waals surface area (Å²) >= 11 is 1.08. The average molecular weight is 447 g/mol. The first-order chi connectivity index (χ1) is 13.2. The third-order valence-electron chi connectivity index (χ3n) is 5.01. The van der Waals surface area contributed by atoms with Crippen molar-refractivity contribution in [2.45, 2.75) is 77.1 Å². The van der Waals surface area contributed by atoms with E-state index in [1.54, 1.807) is 20.8 Å². The number of carbonyl (C=O) groups excluding carboxylic acids is 2. The summed E-state index contributed by atoms with van der Waals surface area (Å²) in [5.41, 5.74) is -0.697. The number of rotatable bonds is 8. The number of hydrogen-bond acceptors (Lipinski definition) is 7. The van der Waals surface area contributed by atoms with Crippen molar-refractivity contribution in [3.8, 4) is 0 Å². The van der Waals surface area contributed by atoms with Crippen molar-refractivity contribution < 1.29 is 23.8 Å². The predicted octanol–water partition coefficient (Wildman–Crippen LogP) is 4.79. The molecule has 1 aliphatic rings. The van der Waals surface area contributed by atoms with E-state index < -0.39 is 24.5 Å². The highest BCUT2D eigenvalue weighted by Gasteiger charge is 2.68. The van der Waals surface area contributed by atoms with Crippen LogP contribution in [0.5, 0.6) is 0 Å². The summed E-state index contributed by atoms with van der Waals surface area (Å²) in [5.74, 6) is -0.178. The maximum Gasteiger partial charge on any atom is 0.418 e. The van der Waals surface area contributed by atoms with Gasteiger partial charge in [0.15, 0.2) is 5.17 Å². The minimum absolute atomic E-state index is 0.0551. The summed E-state index contributed by atoms with van der Waals surface area (Å²) in [6.45, 7) is 16.5. The molecule has 1 amide bonds. The Labute approximate surface area is 180 Å². The van der Waals surface area contributed by atoms with Gasteiger partial charge in [0, 0.05) is 14.7 Å². The molecule has 1 saturated carbocycles. The molecule has 0 aromatic carbocycles. The standard InChI is InChI=1S/C20H38N2O5SSi/c1-10-15-14(2)20(15,16(23)25-6)28-17(21)22(18(24)27-19(3,4)5)13-26-11-12-29(7,8)9/h14-15,21H,10-13H2,1-9H3/t14-,15+,20-/m0/s1. The first kappa shape index (κ1) is 26.0. The van der Waals surface area contributed by atoms with Crippen molar-refractivity contribution in [1.29, 1.82) is 5.41 Å². The lowest BCUT2D eigenvalue weighted by Gasteiger charge is -2.28. The molecule has 0 aromatic heterocycles. The Kier molecular flexibility index (Phi) is 8.80. The molecular formula is C20H38N2O5SSi. The van der Waals surface area contributed by atoms with E-state index in [4.69, 9.17) is 19.6 Å². The van der Waals surface area contributed by atoms with Crippen LogP contribution in [-0.2, 0) is 19.0 Å². The summed E-state index contributed by atoms with van der Waals surface area (Å²) in [5, 5.41) is 8.52. The number of thioether (sulfide) groups is 1. The van der Waals surface area contributed by atoms with Crippen LogP contribution in [-0.4, -0.2) is 61.0 Å². The Morgan fingerprint density at radius 2 is 1.83 bits per heavy atom. The third-order valence-corrected chi connectivity index (χ3v) is 8.30. The van der Waals surface area contributed by atoms with Crippen molar-refractivity contribution in [2.75, 3.05) is 20.4 Å². The molecule has 1 fully saturated rings. The fourth-order valence-corrected chi connectivity index (χ4v) is 5.53. The minimum Gasteiger partial charge on any atom is -0.468 e. The minimum atomic E-state index is -1.27. The molecular weight excluding hydrogens is 408 g/mol. The van der Waals surface area contributed by atoms with Gasteiger partial charge in [0.25, 0.3) is 0 Å². The van der Waals surface area contributed by atoms with Gasteiger partial charge in [-0.25, -0.2) is 9.69 Å². The first-order valence-electron chi connectivity index (χ1n) is 10.1. The molecule has 1 N–H and O–H groups in total. The van der Waals surface area contributed by atoms with Crippen molar-refractivity contribution in [2.24, 2.45) is 11.8 Å². The monoisotopic (exact) mass is 446 g/mol. The summed E-state index contributed by atoms with van der Waals surface area (Å²) in [6, 6.07) is 0.955. The SMILES string of the molecule is CC[C@@H]1[C@H](C)[C@@]1(SC(=N)N(COCC[Si](C)(C)C)C(=O)OC(C)(C)C)C(=O)OC. The molecule has 29 heavy (non-hydrogen) atoms. The van der Waals surface area contributed by atoms with E-state index in [0.29, 0.717) is 6.61 Å². The van der Waals surface area contributed by atoms with Crippen molar-refractivity contribution in [1.82, 2.24) is 4.90 Å². The lowest BCUT2D eigenvalue weighted by atomic mass is 10.2. The Bertz CT molecular complexity index is 617. The van der Waals surface area contributed by atoms with Crippen LogP contribution in [0.2, 0.25) is 25.7 Å². The number of ether oxygens (including phenoxy) is 3. The van der Waals surface area contributed by atoms with Gasteiger partial charge >= 0.3 is 12.1 Å². The van der Waals surface area contributed by atoms with E-state index in [9.17, 15) is 9.59 Å². The van der Waals surface area contributed by atoms with Gasteiger partial charge in [-0.2, -0.15) is 0 Å². The Balaban J connectivity index is 2.94. The molecule has 0 saturated heterocycles. The lowest BCUT2D eigenvalue weighted by molar-refractivity contribution is -0.141. The van der Waals surface area contributed by atoms with Crippen LogP contribution in [0.1, 0.15) is 41.0 Å². The molecule has 0 aliphatic heterocycles. The van der Waals surface area contributed by atoms with Gasteiger partial charge in [0.2, 0.25) is 0 Å². The number of carbonyl (C=O) groups is 2. The van der Waals surface area contributed by atoms with Crippen LogP contribution in [0.4, 0.5) is 4.79 Å². The summed E-state index contributed by atoms with van der Waals surface area (Å²) in [7, 11) is 0.0855. The molecule has 0 spiro atoms. The maximum atomic E-state index is 12.7. The fourth-order valence-electron chi connectivity index (χ4n) is 3.24. The molecule has 9 heteroatoms. The molecule has 168 valence electrons. The highest BCUT2D eigenvalue weighted by Crippen LogP contribution is 2.62. The molecule has 3 atom stereocenters. The second kappa shape index (κ2) is 9.83. The van der Waals surface area contributed by atoms with Gasteiger partial charge in [-0.15, -0.1) is 0 Å². The zero-order chi connectivity index (χ0) is 22.6. The number of nitrogens with one attached hydrogen (secondary N) is 1. The van der Waals surface area contributed by atoms with Gasteiger partial charge in [-0.1, -0.05) is 51.7 Å². The van der Waals surface area contributed by atoms with E-state index in [2.05, 4.69) is 19.6 Å². The number of hydrogen-bond donors (Lipinski definition) is 1. The van der Waals surface area contributed by atoms with Gasteiger partial charge in [0.1, 0.15) is 17.1 Å². The van der Waals surface area contributed by atoms with Crippen molar-refractivity contribution in [3.05, 3.63) is 0 Å². The van der Waals surface area contributed by atoms with Crippen LogP contribution in [0.3, 0.4) is 0 Å². The van der Waals surface area contributed by atoms with Gasteiger partial charge < -0.3 is 14.2 Å². The summed E-state index contributed by atoms with van der Waals surface area (Å²) < 4.78 is 15.4. The van der Waals surface area contributed by atoms with E-state index in [-0.39, 0.29) is 29.7 Å². The van der Waals surface area contributed by atoms with Crippen molar-refractivity contribution >= 4 is 37.1 Å². The Morgan fingerprint density at radius 3 is 2.24 bits per heavy atom. The number of amides is 1. The van der Waals surface area contributed by atoms with Crippen LogP contribution in [0.15, 0.2) is 0 Å². The molecule has 1 aliphatic carbocycles. The largest absolute Gasteiger partial charge is 0.468 e. The zero-order valence-corrected chi connectivity index (χ0v) is 21.2. The van der Waals surface area contributed by atoms with Crippen LogP contribution in [0, 0.1) is 17.2 Å². The normalized spacial score (nSPS) is 24.0. The quantitative estimate of drug-likeness (QED) is 0.144. The molecule has 7 nitrogen and oxygen atoms in total. The topological polar surface area (TPSA) is 88.9 Å². The summed E-state index contributed by atoms with van der Waals surface area (Å²) in [4.78, 5) is 26.4. The number of methoxy groups -OCH3 is 1. The molecule has 0 heterocycles. The number of nitrogens with zero attached hydrogens (tertiary/aromatic N) is 1. The highest BCUT2D eigenvalue weighted by atomic mass is 32.2. The van der Waals surface area contributed by atoms with Gasteiger partial charge in [-0.05, 0) is 38.7 Å². The van der Waals surface area contributed by atoms with Gasteiger partial charge in [0.05, 0.1) is 7.11 Å². The summed E-state index contributed by atoms with van der Waals surface area (Å²) in [6.07, 6.45) is 0.153. The second-order valence-electron chi connectivity index (χ2n) is 9.75. The van der Waals surface area contributed by atoms with E-state index >= 15 is 0 Å². The Hall–Kier alpha value is -1.06. The number of esters is 1. The molecule has 0 aromatic rings. The third kappa shape index (κ3) is 6.99. The number of amidine groups is 1. The Morgan fingerprint density at radius 1 is 1.24 bits per heavy atom. The molecule has 0 unspecified atom stereocenters. The van der Waals surface area contributed by atoms with E-state index in [1.165, 1.54) is 12.0 Å². The lowest BCUT2D eigenvalue weighted by Crippen LogP contribution is -2.42. The molecule has 1 rings (SSSR count). The molecule has 0 bridgehead atoms. The van der Waals surface area contributed by atoms with Crippen LogP contribution >= 0.6 is 11.8 Å². The molecule has 0 radical (unpaired) electrons.